The molecule has 1 heterocycles. The van der Waals surface area contributed by atoms with Gasteiger partial charge in [-0.2, -0.15) is 0 Å². The average molecular weight is 447 g/mol. The average Bonchev–Trinajstić information content (AvgIpc) is 3.16. The molecule has 1 aromatic heterocycles. The molecule has 0 aliphatic rings. The number of nitrogens with zero attached hydrogens (tertiary/aromatic N) is 3. The van der Waals surface area contributed by atoms with E-state index < -0.39 is 0 Å². The summed E-state index contributed by atoms with van der Waals surface area (Å²) >= 11 is 7.44. The lowest BCUT2D eigenvalue weighted by atomic mass is 10.1. The maximum absolute atomic E-state index is 12.6. The van der Waals surface area contributed by atoms with Gasteiger partial charge in [-0.3, -0.25) is 4.79 Å². The zero-order valence-electron chi connectivity index (χ0n) is 17.2. The number of methoxy groups -OCH3 is 2. The van der Waals surface area contributed by atoms with Crippen LogP contribution in [0, 0.1) is 6.92 Å². The number of aryl methyl sites for hydroxylation is 1. The van der Waals surface area contributed by atoms with Gasteiger partial charge in [-0.15, -0.1) is 10.2 Å². The van der Waals surface area contributed by atoms with Crippen molar-refractivity contribution in [2.24, 2.45) is 0 Å². The van der Waals surface area contributed by atoms with Gasteiger partial charge in [0.15, 0.2) is 11.0 Å². The van der Waals surface area contributed by atoms with Crippen molar-refractivity contribution in [1.29, 1.82) is 0 Å². The Balaban J connectivity index is 1.74. The second kappa shape index (κ2) is 9.86. The maximum Gasteiger partial charge on any atom is 0.234 e. The van der Waals surface area contributed by atoms with Crippen LogP contribution in [0.3, 0.4) is 0 Å². The van der Waals surface area contributed by atoms with E-state index in [4.69, 9.17) is 21.1 Å². The number of nitrogens with one attached hydrogen (secondary N) is 1. The van der Waals surface area contributed by atoms with E-state index in [1.54, 1.807) is 12.1 Å². The van der Waals surface area contributed by atoms with E-state index >= 15 is 0 Å². The smallest absolute Gasteiger partial charge is 0.234 e. The highest BCUT2D eigenvalue weighted by Gasteiger charge is 2.17. The van der Waals surface area contributed by atoms with Crippen LogP contribution in [0.15, 0.2) is 41.6 Å². The molecule has 0 fully saturated rings. The minimum atomic E-state index is -0.203. The van der Waals surface area contributed by atoms with Crippen LogP contribution in [0.2, 0.25) is 5.02 Å². The zero-order valence-corrected chi connectivity index (χ0v) is 18.8. The molecule has 7 nitrogen and oxygen atoms in total. The lowest BCUT2D eigenvalue weighted by Gasteiger charge is -2.13. The van der Waals surface area contributed by atoms with Gasteiger partial charge >= 0.3 is 0 Å². The molecule has 0 saturated carbocycles. The van der Waals surface area contributed by atoms with Crippen molar-refractivity contribution in [2.45, 2.75) is 25.5 Å². The molecule has 158 valence electrons. The molecule has 3 aromatic rings. The molecule has 0 bridgehead atoms. The molecule has 0 atom stereocenters. The highest BCUT2D eigenvalue weighted by molar-refractivity contribution is 7.99. The first-order valence-corrected chi connectivity index (χ1v) is 10.7. The summed E-state index contributed by atoms with van der Waals surface area (Å²) in [4.78, 5) is 12.6. The van der Waals surface area contributed by atoms with Crippen molar-refractivity contribution >= 4 is 35.0 Å². The van der Waals surface area contributed by atoms with Gasteiger partial charge in [0.2, 0.25) is 5.91 Å². The maximum atomic E-state index is 12.6. The van der Waals surface area contributed by atoms with Crippen molar-refractivity contribution in [3.8, 4) is 22.9 Å². The highest BCUT2D eigenvalue weighted by Crippen LogP contribution is 2.36. The summed E-state index contributed by atoms with van der Waals surface area (Å²) in [6, 6.07) is 11.3. The SMILES string of the molecule is CCn1c(SCC(=O)Nc2cc(OC)c(Cl)cc2OC)nnc1-c1ccccc1C. The summed E-state index contributed by atoms with van der Waals surface area (Å²) in [5, 5.41) is 12.6. The number of rotatable bonds is 8. The van der Waals surface area contributed by atoms with E-state index in [2.05, 4.69) is 15.5 Å². The molecular formula is C21H23ClN4O3S. The second-order valence-electron chi connectivity index (χ2n) is 6.39. The van der Waals surface area contributed by atoms with E-state index in [0.717, 1.165) is 17.0 Å². The molecular weight excluding hydrogens is 424 g/mol. The Kier molecular flexibility index (Phi) is 7.23. The molecule has 0 radical (unpaired) electrons. The summed E-state index contributed by atoms with van der Waals surface area (Å²) in [5.74, 6) is 1.67. The number of aromatic nitrogens is 3. The first-order valence-electron chi connectivity index (χ1n) is 9.31. The zero-order chi connectivity index (χ0) is 21.7. The van der Waals surface area contributed by atoms with Crippen molar-refractivity contribution in [3.63, 3.8) is 0 Å². The van der Waals surface area contributed by atoms with Gasteiger partial charge in [-0.1, -0.05) is 47.6 Å². The number of thioether (sulfide) groups is 1. The van der Waals surface area contributed by atoms with Gasteiger partial charge in [-0.25, -0.2) is 0 Å². The van der Waals surface area contributed by atoms with E-state index in [9.17, 15) is 4.79 Å². The minimum Gasteiger partial charge on any atom is -0.495 e. The van der Waals surface area contributed by atoms with Crippen LogP contribution in [0.25, 0.3) is 11.4 Å². The number of benzene rings is 2. The molecule has 0 saturated heterocycles. The van der Waals surface area contributed by atoms with E-state index in [1.165, 1.54) is 26.0 Å². The van der Waals surface area contributed by atoms with Crippen LogP contribution in [0.5, 0.6) is 11.5 Å². The number of hydrogen-bond acceptors (Lipinski definition) is 6. The monoisotopic (exact) mass is 446 g/mol. The van der Waals surface area contributed by atoms with Gasteiger partial charge in [0.25, 0.3) is 0 Å². The lowest BCUT2D eigenvalue weighted by molar-refractivity contribution is -0.113. The molecule has 9 heteroatoms. The van der Waals surface area contributed by atoms with Gasteiger partial charge in [0.05, 0.1) is 30.7 Å². The topological polar surface area (TPSA) is 78.3 Å². The summed E-state index contributed by atoms with van der Waals surface area (Å²) in [6.07, 6.45) is 0. The van der Waals surface area contributed by atoms with Crippen molar-refractivity contribution in [3.05, 3.63) is 47.0 Å². The number of anilines is 1. The highest BCUT2D eigenvalue weighted by atomic mass is 35.5. The second-order valence-corrected chi connectivity index (χ2v) is 7.74. The van der Waals surface area contributed by atoms with Crippen LogP contribution in [0.4, 0.5) is 5.69 Å². The Morgan fingerprint density at radius 1 is 1.17 bits per heavy atom. The fourth-order valence-corrected chi connectivity index (χ4v) is 4.01. The van der Waals surface area contributed by atoms with Crippen LogP contribution in [-0.4, -0.2) is 40.6 Å². The molecule has 1 amide bonds. The third-order valence-electron chi connectivity index (χ3n) is 4.50. The molecule has 1 N–H and O–H groups in total. The first kappa shape index (κ1) is 22.0. The number of ether oxygens (including phenoxy) is 2. The number of carbonyl (C=O) groups is 1. The minimum absolute atomic E-state index is 0.167. The van der Waals surface area contributed by atoms with Crippen molar-refractivity contribution in [1.82, 2.24) is 14.8 Å². The van der Waals surface area contributed by atoms with Crippen molar-refractivity contribution < 1.29 is 14.3 Å². The van der Waals surface area contributed by atoms with Gasteiger partial charge in [-0.05, 0) is 19.4 Å². The normalized spacial score (nSPS) is 10.7. The Hall–Kier alpha value is -2.71. The number of hydrogen-bond donors (Lipinski definition) is 1. The summed E-state index contributed by atoms with van der Waals surface area (Å²) in [5.41, 5.74) is 2.64. The molecule has 2 aromatic carbocycles. The van der Waals surface area contributed by atoms with Gasteiger partial charge < -0.3 is 19.4 Å². The third-order valence-corrected chi connectivity index (χ3v) is 5.76. The Labute approximate surface area is 184 Å². The number of halogens is 1. The third kappa shape index (κ3) is 4.71. The Morgan fingerprint density at radius 2 is 1.90 bits per heavy atom. The lowest BCUT2D eigenvalue weighted by Crippen LogP contribution is -2.15. The predicted molar refractivity (Wildman–Crippen MR) is 120 cm³/mol. The first-order chi connectivity index (χ1) is 14.5. The molecule has 0 unspecified atom stereocenters. The Bertz CT molecular complexity index is 1050. The molecule has 0 aliphatic carbocycles. The summed E-state index contributed by atoms with van der Waals surface area (Å²) in [6.45, 7) is 4.76. The van der Waals surface area contributed by atoms with Crippen LogP contribution in [-0.2, 0) is 11.3 Å². The fraction of sp³-hybridized carbons (Fsp3) is 0.286. The standard InChI is InChI=1S/C21H23ClN4O3S/c1-5-26-20(14-9-7-6-8-13(14)2)24-25-21(26)30-12-19(27)23-16-11-17(28-3)15(22)10-18(16)29-4/h6-11H,5,12H2,1-4H3,(H,23,27). The van der Waals surface area contributed by atoms with Gasteiger partial charge in [0, 0.05) is 24.2 Å². The molecule has 30 heavy (non-hydrogen) atoms. The molecule has 3 rings (SSSR count). The van der Waals surface area contributed by atoms with E-state index in [1.807, 2.05) is 42.7 Å². The van der Waals surface area contributed by atoms with E-state index in [-0.39, 0.29) is 11.7 Å². The summed E-state index contributed by atoms with van der Waals surface area (Å²) < 4.78 is 12.5. The van der Waals surface area contributed by atoms with Crippen molar-refractivity contribution in [2.75, 3.05) is 25.3 Å². The fourth-order valence-electron chi connectivity index (χ4n) is 2.98. The number of carbonyl (C=O) groups excluding carboxylic acids is 1. The quantitative estimate of drug-likeness (QED) is 0.506. The van der Waals surface area contributed by atoms with Crippen LogP contribution < -0.4 is 14.8 Å². The summed E-state index contributed by atoms with van der Waals surface area (Å²) in [7, 11) is 3.03. The van der Waals surface area contributed by atoms with Crippen LogP contribution >= 0.6 is 23.4 Å². The molecule has 0 aliphatic heterocycles. The predicted octanol–water partition coefficient (Wildman–Crippen LogP) is 4.67. The largest absolute Gasteiger partial charge is 0.495 e. The van der Waals surface area contributed by atoms with E-state index in [0.29, 0.717) is 33.9 Å². The Morgan fingerprint density at radius 3 is 2.57 bits per heavy atom. The van der Waals surface area contributed by atoms with Gasteiger partial charge in [0.1, 0.15) is 11.5 Å². The van der Waals surface area contributed by atoms with Crippen LogP contribution in [0.1, 0.15) is 12.5 Å². The molecule has 0 spiro atoms. The number of amides is 1.